The van der Waals surface area contributed by atoms with Crippen LogP contribution in [0.15, 0.2) is 48.5 Å². The Morgan fingerprint density at radius 2 is 1.96 bits per heavy atom. The number of amides is 1. The number of nitrogens with one attached hydrogen (secondary N) is 1. The molecule has 0 bridgehead atoms. The first-order valence-electron chi connectivity index (χ1n) is 7.34. The normalized spacial score (nSPS) is 11.8. The Balaban J connectivity index is 1.77. The van der Waals surface area contributed by atoms with Gasteiger partial charge in [0.05, 0.1) is 19.8 Å². The Kier molecular flexibility index (Phi) is 6.11. The van der Waals surface area contributed by atoms with Gasteiger partial charge in [0, 0.05) is 0 Å². The first kappa shape index (κ1) is 17.0. The molecule has 2 rings (SSSR count). The lowest BCUT2D eigenvalue weighted by Crippen LogP contribution is -2.30. The number of benzene rings is 2. The van der Waals surface area contributed by atoms with E-state index in [0.29, 0.717) is 6.61 Å². The van der Waals surface area contributed by atoms with Gasteiger partial charge in [0.25, 0.3) is 0 Å². The molecule has 1 N–H and O–H groups in total. The molecule has 0 aliphatic carbocycles. The minimum Gasteiger partial charge on any atom is -0.497 e. The average molecular weight is 317 g/mol. The fraction of sp³-hybridized carbons (Fsp3) is 0.278. The van der Waals surface area contributed by atoms with Gasteiger partial charge >= 0.3 is 0 Å². The highest BCUT2D eigenvalue weighted by Gasteiger charge is 2.09. The van der Waals surface area contributed by atoms with Crippen LogP contribution in [0.2, 0.25) is 0 Å². The average Bonchev–Trinajstić information content (AvgIpc) is 2.55. The molecule has 122 valence electrons. The molecule has 1 amide bonds. The maximum absolute atomic E-state index is 12.9. The fourth-order valence-corrected chi connectivity index (χ4v) is 2.14. The summed E-state index contributed by atoms with van der Waals surface area (Å²) in [7, 11) is 1.60. The van der Waals surface area contributed by atoms with Gasteiger partial charge in [0.2, 0.25) is 5.91 Å². The maximum atomic E-state index is 12.9. The van der Waals surface area contributed by atoms with E-state index in [0.717, 1.165) is 16.9 Å². The van der Waals surface area contributed by atoms with Crippen LogP contribution in [0.5, 0.6) is 5.75 Å². The summed E-state index contributed by atoms with van der Waals surface area (Å²) >= 11 is 0. The SMILES string of the molecule is COc1cccc(COCC(=O)N[C@@H](C)c2ccc(F)cc2)c1. The zero-order valence-electron chi connectivity index (χ0n) is 13.2. The molecule has 0 unspecified atom stereocenters. The third-order valence-electron chi connectivity index (χ3n) is 3.38. The van der Waals surface area contributed by atoms with E-state index < -0.39 is 0 Å². The summed E-state index contributed by atoms with van der Waals surface area (Å²) < 4.78 is 23.4. The number of carbonyl (C=O) groups is 1. The molecule has 5 heteroatoms. The summed E-state index contributed by atoms with van der Waals surface area (Å²) in [5.41, 5.74) is 1.77. The molecule has 0 aliphatic rings. The molecule has 0 radical (unpaired) electrons. The first-order valence-corrected chi connectivity index (χ1v) is 7.34. The summed E-state index contributed by atoms with van der Waals surface area (Å²) in [6.45, 7) is 2.13. The van der Waals surface area contributed by atoms with Gasteiger partial charge in [-0.05, 0) is 42.3 Å². The number of methoxy groups -OCH3 is 1. The standard InChI is InChI=1S/C18H20FNO3/c1-13(15-6-8-16(19)9-7-15)20-18(21)12-23-11-14-4-3-5-17(10-14)22-2/h3-10,13H,11-12H2,1-2H3,(H,20,21)/t13-/m0/s1. The Bertz CT molecular complexity index is 643. The molecule has 0 saturated carbocycles. The summed E-state index contributed by atoms with van der Waals surface area (Å²) in [5.74, 6) is 0.235. The van der Waals surface area contributed by atoms with Crippen molar-refractivity contribution in [3.05, 3.63) is 65.5 Å². The minimum atomic E-state index is -0.297. The number of halogens is 1. The van der Waals surface area contributed by atoms with Gasteiger partial charge in [-0.1, -0.05) is 24.3 Å². The highest BCUT2D eigenvalue weighted by molar-refractivity contribution is 5.77. The van der Waals surface area contributed by atoms with Gasteiger partial charge in [-0.2, -0.15) is 0 Å². The molecule has 0 aromatic heterocycles. The van der Waals surface area contributed by atoms with Crippen LogP contribution in [0.1, 0.15) is 24.1 Å². The van der Waals surface area contributed by atoms with Crippen molar-refractivity contribution >= 4 is 5.91 Å². The van der Waals surface area contributed by atoms with E-state index in [1.165, 1.54) is 12.1 Å². The first-order chi connectivity index (χ1) is 11.1. The summed E-state index contributed by atoms with van der Waals surface area (Å²) in [6.07, 6.45) is 0. The van der Waals surface area contributed by atoms with Crippen LogP contribution >= 0.6 is 0 Å². The van der Waals surface area contributed by atoms with Crippen LogP contribution in [0.4, 0.5) is 4.39 Å². The van der Waals surface area contributed by atoms with Crippen molar-refractivity contribution < 1.29 is 18.7 Å². The number of hydrogen-bond acceptors (Lipinski definition) is 3. The highest BCUT2D eigenvalue weighted by Crippen LogP contribution is 2.14. The van der Waals surface area contributed by atoms with E-state index in [1.807, 2.05) is 31.2 Å². The van der Waals surface area contributed by atoms with Crippen LogP contribution in [-0.4, -0.2) is 19.6 Å². The van der Waals surface area contributed by atoms with Crippen molar-refractivity contribution in [2.24, 2.45) is 0 Å². The summed E-state index contributed by atoms with van der Waals surface area (Å²) in [5, 5.41) is 2.81. The van der Waals surface area contributed by atoms with Crippen molar-refractivity contribution in [1.29, 1.82) is 0 Å². The Labute approximate surface area is 135 Å². The maximum Gasteiger partial charge on any atom is 0.246 e. The monoisotopic (exact) mass is 317 g/mol. The summed E-state index contributed by atoms with van der Waals surface area (Å²) in [6, 6.07) is 13.3. The molecule has 0 spiro atoms. The lowest BCUT2D eigenvalue weighted by atomic mass is 10.1. The van der Waals surface area contributed by atoms with Crippen LogP contribution in [-0.2, 0) is 16.1 Å². The van der Waals surface area contributed by atoms with Crippen LogP contribution in [0.25, 0.3) is 0 Å². The van der Waals surface area contributed by atoms with Crippen LogP contribution in [0, 0.1) is 5.82 Å². The second-order valence-corrected chi connectivity index (χ2v) is 5.19. The lowest BCUT2D eigenvalue weighted by Gasteiger charge is -2.14. The number of ether oxygens (including phenoxy) is 2. The van der Waals surface area contributed by atoms with E-state index in [9.17, 15) is 9.18 Å². The van der Waals surface area contributed by atoms with E-state index in [2.05, 4.69) is 5.32 Å². The Morgan fingerprint density at radius 3 is 2.65 bits per heavy atom. The Morgan fingerprint density at radius 1 is 1.22 bits per heavy atom. The lowest BCUT2D eigenvalue weighted by molar-refractivity contribution is -0.126. The molecule has 2 aromatic rings. The largest absolute Gasteiger partial charge is 0.497 e. The van der Waals surface area contributed by atoms with Crippen molar-refractivity contribution in [3.8, 4) is 5.75 Å². The van der Waals surface area contributed by atoms with Gasteiger partial charge < -0.3 is 14.8 Å². The summed E-state index contributed by atoms with van der Waals surface area (Å²) in [4.78, 5) is 11.9. The molecule has 23 heavy (non-hydrogen) atoms. The zero-order chi connectivity index (χ0) is 16.7. The smallest absolute Gasteiger partial charge is 0.246 e. The van der Waals surface area contributed by atoms with Gasteiger partial charge in [-0.3, -0.25) is 4.79 Å². The van der Waals surface area contributed by atoms with E-state index in [4.69, 9.17) is 9.47 Å². The highest BCUT2D eigenvalue weighted by atomic mass is 19.1. The van der Waals surface area contributed by atoms with Gasteiger partial charge in [0.15, 0.2) is 0 Å². The topological polar surface area (TPSA) is 47.6 Å². The molecule has 1 atom stereocenters. The molecular weight excluding hydrogens is 297 g/mol. The second-order valence-electron chi connectivity index (χ2n) is 5.19. The van der Waals surface area contributed by atoms with Crippen LogP contribution < -0.4 is 10.1 Å². The molecule has 2 aromatic carbocycles. The molecule has 0 saturated heterocycles. The minimum absolute atomic E-state index is 0.0389. The van der Waals surface area contributed by atoms with E-state index >= 15 is 0 Å². The number of rotatable bonds is 7. The van der Waals surface area contributed by atoms with Crippen molar-refractivity contribution in [3.63, 3.8) is 0 Å². The second kappa shape index (κ2) is 8.29. The van der Waals surface area contributed by atoms with Crippen molar-refractivity contribution in [2.75, 3.05) is 13.7 Å². The molecular formula is C18H20FNO3. The van der Waals surface area contributed by atoms with Crippen molar-refractivity contribution in [1.82, 2.24) is 5.32 Å². The van der Waals surface area contributed by atoms with E-state index in [-0.39, 0.29) is 24.4 Å². The molecule has 0 aliphatic heterocycles. The van der Waals surface area contributed by atoms with Crippen molar-refractivity contribution in [2.45, 2.75) is 19.6 Å². The number of hydrogen-bond donors (Lipinski definition) is 1. The third-order valence-corrected chi connectivity index (χ3v) is 3.38. The molecule has 0 heterocycles. The molecule has 0 fully saturated rings. The van der Waals surface area contributed by atoms with Gasteiger partial charge in [-0.15, -0.1) is 0 Å². The predicted molar refractivity (Wildman–Crippen MR) is 85.6 cm³/mol. The predicted octanol–water partition coefficient (Wildman–Crippen LogP) is 3.23. The van der Waals surface area contributed by atoms with E-state index in [1.54, 1.807) is 19.2 Å². The third kappa shape index (κ3) is 5.38. The van der Waals surface area contributed by atoms with Gasteiger partial charge in [0.1, 0.15) is 18.2 Å². The van der Waals surface area contributed by atoms with Gasteiger partial charge in [-0.25, -0.2) is 4.39 Å². The Hall–Kier alpha value is -2.40. The quantitative estimate of drug-likeness (QED) is 0.853. The number of carbonyl (C=O) groups excluding carboxylic acids is 1. The van der Waals surface area contributed by atoms with Crippen LogP contribution in [0.3, 0.4) is 0 Å². The zero-order valence-corrected chi connectivity index (χ0v) is 13.2. The fourth-order valence-electron chi connectivity index (χ4n) is 2.14. The molecule has 4 nitrogen and oxygen atoms in total.